The van der Waals surface area contributed by atoms with E-state index in [0.717, 1.165) is 31.6 Å². The van der Waals surface area contributed by atoms with E-state index in [-0.39, 0.29) is 11.4 Å². The fraction of sp³-hybridized carbons (Fsp3) is 0.562. The molecule has 2 N–H and O–H groups in total. The SMILES string of the molecule is CN=C(NCc1ccc(F)cc1)NCC1(OC)CCOCC1. The summed E-state index contributed by atoms with van der Waals surface area (Å²) in [6.07, 6.45) is 1.73. The van der Waals surface area contributed by atoms with Crippen molar-refractivity contribution >= 4 is 5.96 Å². The van der Waals surface area contributed by atoms with Crippen molar-refractivity contribution in [3.05, 3.63) is 35.6 Å². The Labute approximate surface area is 130 Å². The third kappa shape index (κ3) is 4.68. The third-order valence-electron chi connectivity index (χ3n) is 4.01. The van der Waals surface area contributed by atoms with Crippen molar-refractivity contribution in [2.75, 3.05) is 33.9 Å². The van der Waals surface area contributed by atoms with Crippen LogP contribution in [0.15, 0.2) is 29.3 Å². The highest BCUT2D eigenvalue weighted by Crippen LogP contribution is 2.23. The van der Waals surface area contributed by atoms with E-state index in [0.29, 0.717) is 19.0 Å². The maximum absolute atomic E-state index is 12.9. The Morgan fingerprint density at radius 1 is 1.27 bits per heavy atom. The molecule has 0 aromatic heterocycles. The smallest absolute Gasteiger partial charge is 0.191 e. The van der Waals surface area contributed by atoms with Gasteiger partial charge in [-0.15, -0.1) is 0 Å². The van der Waals surface area contributed by atoms with Crippen LogP contribution in [0, 0.1) is 5.82 Å². The van der Waals surface area contributed by atoms with Crippen LogP contribution >= 0.6 is 0 Å². The number of nitrogens with zero attached hydrogens (tertiary/aromatic N) is 1. The fourth-order valence-electron chi connectivity index (χ4n) is 2.45. The molecule has 1 aliphatic heterocycles. The van der Waals surface area contributed by atoms with E-state index in [1.165, 1.54) is 12.1 Å². The number of halogens is 1. The highest BCUT2D eigenvalue weighted by atomic mass is 19.1. The second-order valence-electron chi connectivity index (χ2n) is 5.41. The molecule has 1 aliphatic rings. The van der Waals surface area contributed by atoms with Crippen LogP contribution in [0.25, 0.3) is 0 Å². The van der Waals surface area contributed by atoms with Crippen LogP contribution in [0.5, 0.6) is 0 Å². The number of methoxy groups -OCH3 is 1. The summed E-state index contributed by atoms with van der Waals surface area (Å²) in [4.78, 5) is 4.20. The monoisotopic (exact) mass is 309 g/mol. The Bertz CT molecular complexity index is 485. The predicted octanol–water partition coefficient (Wildman–Crippen LogP) is 1.69. The molecule has 22 heavy (non-hydrogen) atoms. The average Bonchev–Trinajstić information content (AvgIpc) is 2.57. The summed E-state index contributed by atoms with van der Waals surface area (Å²) in [5.74, 6) is 0.472. The van der Waals surface area contributed by atoms with Crippen LogP contribution in [-0.4, -0.2) is 45.5 Å². The maximum atomic E-state index is 12.9. The van der Waals surface area contributed by atoms with Crippen LogP contribution in [0.1, 0.15) is 18.4 Å². The lowest BCUT2D eigenvalue weighted by Gasteiger charge is -2.36. The maximum Gasteiger partial charge on any atom is 0.191 e. The number of hydrogen-bond acceptors (Lipinski definition) is 3. The van der Waals surface area contributed by atoms with Gasteiger partial charge in [0.05, 0.1) is 5.60 Å². The summed E-state index contributed by atoms with van der Waals surface area (Å²) in [5.41, 5.74) is 0.794. The standard InChI is InChI=1S/C16H24FN3O2/c1-18-15(19-11-13-3-5-14(17)6-4-13)20-12-16(21-2)7-9-22-10-8-16/h3-6H,7-12H2,1-2H3,(H2,18,19,20). The van der Waals surface area contributed by atoms with Gasteiger partial charge in [-0.05, 0) is 17.7 Å². The first kappa shape index (κ1) is 16.7. The molecule has 1 aromatic carbocycles. The number of rotatable bonds is 5. The Hall–Kier alpha value is -1.66. The number of guanidine groups is 1. The fourth-order valence-corrected chi connectivity index (χ4v) is 2.45. The van der Waals surface area contributed by atoms with Crippen molar-refractivity contribution in [2.24, 2.45) is 4.99 Å². The molecule has 0 amide bonds. The zero-order valence-electron chi connectivity index (χ0n) is 13.2. The predicted molar refractivity (Wildman–Crippen MR) is 84.4 cm³/mol. The molecule has 1 fully saturated rings. The molecule has 0 saturated carbocycles. The Morgan fingerprint density at radius 3 is 2.55 bits per heavy atom. The molecular weight excluding hydrogens is 285 g/mol. The zero-order chi connectivity index (χ0) is 15.8. The van der Waals surface area contributed by atoms with Crippen molar-refractivity contribution < 1.29 is 13.9 Å². The normalized spacial score (nSPS) is 18.0. The molecule has 0 atom stereocenters. The average molecular weight is 309 g/mol. The molecule has 0 spiro atoms. The lowest BCUT2D eigenvalue weighted by Crippen LogP contribution is -2.50. The van der Waals surface area contributed by atoms with Gasteiger partial charge in [-0.2, -0.15) is 0 Å². The number of nitrogens with one attached hydrogen (secondary N) is 2. The number of ether oxygens (including phenoxy) is 2. The van der Waals surface area contributed by atoms with E-state index >= 15 is 0 Å². The number of benzene rings is 1. The lowest BCUT2D eigenvalue weighted by molar-refractivity contribution is -0.0855. The highest BCUT2D eigenvalue weighted by molar-refractivity contribution is 5.79. The van der Waals surface area contributed by atoms with Crippen molar-refractivity contribution in [3.8, 4) is 0 Å². The molecule has 1 aromatic rings. The van der Waals surface area contributed by atoms with Gasteiger partial charge in [-0.25, -0.2) is 4.39 Å². The van der Waals surface area contributed by atoms with Crippen LogP contribution in [0.2, 0.25) is 0 Å². The van der Waals surface area contributed by atoms with Crippen molar-refractivity contribution in [2.45, 2.75) is 25.0 Å². The summed E-state index contributed by atoms with van der Waals surface area (Å²) < 4.78 is 24.0. The van der Waals surface area contributed by atoms with Crippen molar-refractivity contribution in [1.29, 1.82) is 0 Å². The Kier molecular flexibility index (Phi) is 6.15. The van der Waals surface area contributed by atoms with Gasteiger partial charge in [0.1, 0.15) is 5.82 Å². The zero-order valence-corrected chi connectivity index (χ0v) is 13.2. The first-order valence-corrected chi connectivity index (χ1v) is 7.49. The molecule has 2 rings (SSSR count). The van der Waals surface area contributed by atoms with E-state index in [1.807, 2.05) is 0 Å². The van der Waals surface area contributed by atoms with E-state index < -0.39 is 0 Å². The Morgan fingerprint density at radius 2 is 1.95 bits per heavy atom. The van der Waals surface area contributed by atoms with Gasteiger partial charge < -0.3 is 20.1 Å². The molecular formula is C16H24FN3O2. The molecule has 6 heteroatoms. The van der Waals surface area contributed by atoms with Gasteiger partial charge >= 0.3 is 0 Å². The van der Waals surface area contributed by atoms with Crippen LogP contribution in [0.3, 0.4) is 0 Å². The van der Waals surface area contributed by atoms with E-state index in [9.17, 15) is 4.39 Å². The third-order valence-corrected chi connectivity index (χ3v) is 4.01. The minimum atomic E-state index is -0.229. The molecule has 0 radical (unpaired) electrons. The highest BCUT2D eigenvalue weighted by Gasteiger charge is 2.32. The summed E-state index contributed by atoms with van der Waals surface area (Å²) >= 11 is 0. The molecule has 0 unspecified atom stereocenters. The number of aliphatic imine (C=N–C) groups is 1. The molecule has 122 valence electrons. The summed E-state index contributed by atoms with van der Waals surface area (Å²) in [6.45, 7) is 2.70. The molecule has 0 aliphatic carbocycles. The lowest BCUT2D eigenvalue weighted by atomic mass is 9.94. The van der Waals surface area contributed by atoms with Gasteiger partial charge in [0, 0.05) is 53.3 Å². The summed E-state index contributed by atoms with van der Waals surface area (Å²) in [7, 11) is 3.46. The van der Waals surface area contributed by atoms with Crippen molar-refractivity contribution in [1.82, 2.24) is 10.6 Å². The molecule has 0 bridgehead atoms. The van der Waals surface area contributed by atoms with Crippen LogP contribution in [-0.2, 0) is 16.0 Å². The van der Waals surface area contributed by atoms with Crippen molar-refractivity contribution in [3.63, 3.8) is 0 Å². The Balaban J connectivity index is 1.83. The minimum absolute atomic E-state index is 0.203. The molecule has 1 heterocycles. The van der Waals surface area contributed by atoms with E-state index in [1.54, 1.807) is 26.3 Å². The quantitative estimate of drug-likeness (QED) is 0.642. The second-order valence-corrected chi connectivity index (χ2v) is 5.41. The summed E-state index contributed by atoms with van der Waals surface area (Å²) in [6, 6.07) is 6.42. The van der Waals surface area contributed by atoms with Gasteiger partial charge in [0.15, 0.2) is 5.96 Å². The van der Waals surface area contributed by atoms with Gasteiger partial charge in [-0.1, -0.05) is 12.1 Å². The summed E-state index contributed by atoms with van der Waals surface area (Å²) in [5, 5.41) is 6.51. The first-order chi connectivity index (χ1) is 10.7. The van der Waals surface area contributed by atoms with Crippen LogP contribution < -0.4 is 10.6 Å². The molecule has 1 saturated heterocycles. The van der Waals surface area contributed by atoms with E-state index in [4.69, 9.17) is 9.47 Å². The van der Waals surface area contributed by atoms with Gasteiger partial charge in [0.25, 0.3) is 0 Å². The van der Waals surface area contributed by atoms with Gasteiger partial charge in [-0.3, -0.25) is 4.99 Å². The number of hydrogen-bond donors (Lipinski definition) is 2. The topological polar surface area (TPSA) is 54.9 Å². The molecule has 5 nitrogen and oxygen atoms in total. The largest absolute Gasteiger partial charge is 0.381 e. The second kappa shape index (κ2) is 8.10. The first-order valence-electron chi connectivity index (χ1n) is 7.49. The van der Waals surface area contributed by atoms with E-state index in [2.05, 4.69) is 15.6 Å². The van der Waals surface area contributed by atoms with Crippen LogP contribution in [0.4, 0.5) is 4.39 Å². The van der Waals surface area contributed by atoms with Gasteiger partial charge in [0.2, 0.25) is 0 Å². The minimum Gasteiger partial charge on any atom is -0.381 e.